The molecule has 3 aromatic rings. The van der Waals surface area contributed by atoms with Crippen LogP contribution in [0, 0.1) is 0 Å². The van der Waals surface area contributed by atoms with Crippen LogP contribution < -0.4 is 10.1 Å². The number of para-hydroxylation sites is 1. The molecular weight excluding hydrogens is 345 g/mol. The second-order valence-electron chi connectivity index (χ2n) is 6.54. The SMILES string of the molecule is O=C1O[B@-]2(c3ccccc3)Oc3cc(O)cc(O)c3C=[N+]2c2ccccc21. The predicted octanol–water partition coefficient (Wildman–Crippen LogP) is 2.27. The molecule has 3 aromatic carbocycles. The van der Waals surface area contributed by atoms with Gasteiger partial charge < -0.3 is 24.0 Å². The Hall–Kier alpha value is -3.74. The highest BCUT2D eigenvalue weighted by atomic mass is 16.6. The lowest BCUT2D eigenvalue weighted by molar-refractivity contribution is -0.334. The molecule has 7 heteroatoms. The van der Waals surface area contributed by atoms with Crippen molar-refractivity contribution < 1.29 is 28.8 Å². The van der Waals surface area contributed by atoms with Crippen molar-refractivity contribution in [2.24, 2.45) is 0 Å². The largest absolute Gasteiger partial charge is 0.686 e. The second kappa shape index (κ2) is 5.38. The van der Waals surface area contributed by atoms with Gasteiger partial charge in [0.2, 0.25) is 0 Å². The summed E-state index contributed by atoms with van der Waals surface area (Å²) >= 11 is 0. The molecule has 2 N–H and O–H groups in total. The fourth-order valence-electron chi connectivity index (χ4n) is 3.70. The summed E-state index contributed by atoms with van der Waals surface area (Å²) in [5, 5.41) is 20.1. The van der Waals surface area contributed by atoms with E-state index < -0.39 is 12.7 Å². The molecular formula is C20H14BNO5. The number of hydrogen-bond acceptors (Lipinski definition) is 5. The van der Waals surface area contributed by atoms with Gasteiger partial charge in [0.1, 0.15) is 28.8 Å². The Kier molecular flexibility index (Phi) is 3.09. The third kappa shape index (κ3) is 2.15. The van der Waals surface area contributed by atoms with E-state index in [9.17, 15) is 15.0 Å². The third-order valence-corrected chi connectivity index (χ3v) is 4.92. The van der Waals surface area contributed by atoms with Gasteiger partial charge in [-0.1, -0.05) is 42.5 Å². The number of fused-ring (bicyclic) bond motifs is 4. The molecule has 6 nitrogen and oxygen atoms in total. The van der Waals surface area contributed by atoms with Crippen LogP contribution in [0.2, 0.25) is 0 Å². The first-order valence-corrected chi connectivity index (χ1v) is 8.49. The maximum atomic E-state index is 12.7. The first kappa shape index (κ1) is 15.5. The Morgan fingerprint density at radius 1 is 0.889 bits per heavy atom. The summed E-state index contributed by atoms with van der Waals surface area (Å²) < 4.78 is 13.8. The van der Waals surface area contributed by atoms with Crippen molar-refractivity contribution in [1.29, 1.82) is 0 Å². The molecule has 2 aliphatic rings. The van der Waals surface area contributed by atoms with E-state index in [1.807, 2.05) is 36.4 Å². The van der Waals surface area contributed by atoms with Gasteiger partial charge in [-0.05, 0) is 11.5 Å². The van der Waals surface area contributed by atoms with Crippen LogP contribution >= 0.6 is 0 Å². The van der Waals surface area contributed by atoms with E-state index in [2.05, 4.69) is 0 Å². The molecule has 0 aromatic heterocycles. The highest BCUT2D eigenvalue weighted by Crippen LogP contribution is 2.40. The molecule has 0 spiro atoms. The van der Waals surface area contributed by atoms with E-state index in [0.717, 1.165) is 0 Å². The molecule has 0 unspecified atom stereocenters. The number of hydrogen-bond donors (Lipinski definition) is 2. The van der Waals surface area contributed by atoms with E-state index in [1.165, 1.54) is 12.1 Å². The van der Waals surface area contributed by atoms with Gasteiger partial charge in [-0.2, -0.15) is 0 Å². The molecule has 5 rings (SSSR count). The topological polar surface area (TPSA) is 79.0 Å². The fourth-order valence-corrected chi connectivity index (χ4v) is 3.70. The van der Waals surface area contributed by atoms with Gasteiger partial charge in [0, 0.05) is 18.2 Å². The zero-order chi connectivity index (χ0) is 18.6. The maximum Gasteiger partial charge on any atom is 0.686 e. The molecule has 2 aliphatic heterocycles. The van der Waals surface area contributed by atoms with Gasteiger partial charge >= 0.3 is 12.7 Å². The summed E-state index contributed by atoms with van der Waals surface area (Å²) in [5.74, 6) is -0.529. The summed E-state index contributed by atoms with van der Waals surface area (Å²) in [6, 6.07) is 18.9. The standard InChI is InChI=1S/C20H14BNO5/c23-14-10-18(24)16-12-22-17-9-5-4-8-15(17)20(25)27-21(22,26-19(16)11-14)13-6-2-1-3-7-13/h1-12,23-24H/t21-/m0/s1. The van der Waals surface area contributed by atoms with Crippen LogP contribution in [-0.2, 0) is 4.65 Å². The molecule has 0 amide bonds. The van der Waals surface area contributed by atoms with Crippen LogP contribution in [0.3, 0.4) is 0 Å². The van der Waals surface area contributed by atoms with Crippen LogP contribution in [0.25, 0.3) is 0 Å². The monoisotopic (exact) mass is 359 g/mol. The van der Waals surface area contributed by atoms with Crippen LogP contribution in [0.5, 0.6) is 17.2 Å². The number of aromatic hydroxyl groups is 2. The van der Waals surface area contributed by atoms with Crippen LogP contribution in [0.15, 0.2) is 66.7 Å². The minimum Gasteiger partial charge on any atom is -0.618 e. The molecule has 0 aliphatic carbocycles. The third-order valence-electron chi connectivity index (χ3n) is 4.92. The van der Waals surface area contributed by atoms with Crippen LogP contribution in [-0.4, -0.2) is 33.6 Å². The number of benzene rings is 3. The van der Waals surface area contributed by atoms with Gasteiger partial charge in [-0.15, -0.1) is 0 Å². The van der Waals surface area contributed by atoms with Crippen LogP contribution in [0.4, 0.5) is 5.69 Å². The number of phenols is 2. The van der Waals surface area contributed by atoms with E-state index in [0.29, 0.717) is 22.3 Å². The zero-order valence-corrected chi connectivity index (χ0v) is 14.1. The van der Waals surface area contributed by atoms with E-state index in [4.69, 9.17) is 9.31 Å². The Morgan fingerprint density at radius 2 is 1.63 bits per heavy atom. The number of carbonyl (C=O) groups excluding carboxylic acids is 1. The van der Waals surface area contributed by atoms with Gasteiger partial charge in [0.15, 0.2) is 5.69 Å². The smallest absolute Gasteiger partial charge is 0.618 e. The van der Waals surface area contributed by atoms with Gasteiger partial charge in [-0.3, -0.25) is 4.79 Å². The second-order valence-corrected chi connectivity index (χ2v) is 6.54. The van der Waals surface area contributed by atoms with Crippen molar-refractivity contribution in [3.8, 4) is 17.2 Å². The summed E-state index contributed by atoms with van der Waals surface area (Å²) in [6.07, 6.45) is 1.69. The zero-order valence-electron chi connectivity index (χ0n) is 14.1. The van der Waals surface area contributed by atoms with Crippen molar-refractivity contribution in [3.05, 3.63) is 77.9 Å². The molecule has 0 radical (unpaired) electrons. The molecule has 1 atom stereocenters. The summed E-state index contributed by atoms with van der Waals surface area (Å²) in [5.41, 5.74) is 2.09. The normalized spacial score (nSPS) is 19.7. The predicted molar refractivity (Wildman–Crippen MR) is 99.2 cm³/mol. The molecule has 0 fully saturated rings. The number of carbonyl (C=O) groups is 1. The van der Waals surface area contributed by atoms with E-state index in [-0.39, 0.29) is 17.2 Å². The first-order chi connectivity index (χ1) is 13.1. The van der Waals surface area contributed by atoms with Crippen molar-refractivity contribution in [3.63, 3.8) is 0 Å². The highest BCUT2D eigenvalue weighted by Gasteiger charge is 2.57. The van der Waals surface area contributed by atoms with Crippen LogP contribution in [0.1, 0.15) is 15.9 Å². The van der Waals surface area contributed by atoms with E-state index in [1.54, 1.807) is 28.9 Å². The summed E-state index contributed by atoms with van der Waals surface area (Å²) in [7, 11) is 0. The Morgan fingerprint density at radius 3 is 2.44 bits per heavy atom. The van der Waals surface area contributed by atoms with Gasteiger partial charge in [0.25, 0.3) is 0 Å². The van der Waals surface area contributed by atoms with Gasteiger partial charge in [-0.25, -0.2) is 0 Å². The lowest BCUT2D eigenvalue weighted by Gasteiger charge is -2.42. The molecule has 2 heterocycles. The number of nitrogens with zero attached hydrogens (tertiary/aromatic N) is 1. The molecule has 27 heavy (non-hydrogen) atoms. The lowest BCUT2D eigenvalue weighted by atomic mass is 9.60. The summed E-state index contributed by atoms with van der Waals surface area (Å²) in [4.78, 5) is 12.7. The van der Waals surface area contributed by atoms with Gasteiger partial charge in [0.05, 0.1) is 5.75 Å². The minimum absolute atomic E-state index is 0.128. The minimum atomic E-state index is -2.44. The lowest BCUT2D eigenvalue weighted by Crippen LogP contribution is -2.68. The van der Waals surface area contributed by atoms with Crippen molar-refractivity contribution in [2.75, 3.05) is 0 Å². The Balaban J connectivity index is 1.86. The number of rotatable bonds is 1. The first-order valence-electron chi connectivity index (χ1n) is 8.49. The highest BCUT2D eigenvalue weighted by molar-refractivity contribution is 6.77. The summed E-state index contributed by atoms with van der Waals surface area (Å²) in [6.45, 7) is -2.44. The average Bonchev–Trinajstić information content (AvgIpc) is 2.68. The molecule has 0 saturated carbocycles. The average molecular weight is 359 g/mol. The van der Waals surface area contributed by atoms with Crippen molar-refractivity contribution in [2.45, 2.75) is 0 Å². The Labute approximate surface area is 154 Å². The van der Waals surface area contributed by atoms with Crippen molar-refractivity contribution in [1.82, 2.24) is 0 Å². The van der Waals surface area contributed by atoms with E-state index >= 15 is 0 Å². The fraction of sp³-hybridized carbons (Fsp3) is 0. The van der Waals surface area contributed by atoms with Crippen molar-refractivity contribution >= 4 is 30.0 Å². The Bertz CT molecular complexity index is 1130. The maximum absolute atomic E-state index is 12.7. The molecule has 0 saturated heterocycles. The number of phenolic OH excluding ortho intramolecular Hbond substituents is 2. The molecule has 0 bridgehead atoms. The molecule has 132 valence electrons. The quantitative estimate of drug-likeness (QED) is 0.652.